The molecule has 1 unspecified atom stereocenters. The summed E-state index contributed by atoms with van der Waals surface area (Å²) in [6, 6.07) is 9.00. The number of piperidine rings is 1. The summed E-state index contributed by atoms with van der Waals surface area (Å²) in [6.07, 6.45) is 5.21. The number of hydrogen-bond donors (Lipinski definition) is 2. The maximum absolute atomic E-state index is 13.5. The van der Waals surface area contributed by atoms with E-state index in [2.05, 4.69) is 4.90 Å². The van der Waals surface area contributed by atoms with E-state index >= 15 is 0 Å². The first kappa shape index (κ1) is 29.5. The first-order valence-electron chi connectivity index (χ1n) is 14.1. The quantitative estimate of drug-likeness (QED) is 0.401. The molecule has 5 rings (SSSR count). The number of aliphatic hydroxyl groups is 1. The van der Waals surface area contributed by atoms with Crippen molar-refractivity contribution in [2.75, 3.05) is 13.1 Å². The molecule has 2 saturated carbocycles. The fraction of sp³-hybridized carbons (Fsp3) is 0.581. The first-order valence-corrected chi connectivity index (χ1v) is 14.1. The van der Waals surface area contributed by atoms with Gasteiger partial charge < -0.3 is 10.8 Å². The predicted octanol–water partition coefficient (Wildman–Crippen LogP) is 6.58. The first-order chi connectivity index (χ1) is 18.4. The lowest BCUT2D eigenvalue weighted by Gasteiger charge is -2.45. The molecule has 0 aromatic heterocycles. The highest BCUT2D eigenvalue weighted by atomic mass is 19.3. The summed E-state index contributed by atoms with van der Waals surface area (Å²) in [7, 11) is 0. The Hall–Kier alpha value is -2.45. The van der Waals surface area contributed by atoms with E-state index in [1.807, 2.05) is 26.0 Å². The zero-order valence-corrected chi connectivity index (χ0v) is 22.9. The van der Waals surface area contributed by atoms with Crippen molar-refractivity contribution in [2.24, 2.45) is 11.7 Å². The van der Waals surface area contributed by atoms with Crippen molar-refractivity contribution in [3.8, 4) is 11.1 Å². The monoisotopic (exact) mass is 548 g/mol. The second-order valence-corrected chi connectivity index (χ2v) is 11.9. The smallest absolute Gasteiger partial charge is 0.249 e. The molecule has 0 radical (unpaired) electrons. The average Bonchev–Trinajstić information content (AvgIpc) is 3.68. The third-order valence-electron chi connectivity index (χ3n) is 8.59. The number of halogens is 4. The molecular weight excluding hydrogens is 508 g/mol. The number of hydrogen-bond acceptors (Lipinski definition) is 3. The fourth-order valence-electron chi connectivity index (χ4n) is 6.08. The van der Waals surface area contributed by atoms with Gasteiger partial charge in [0.2, 0.25) is 11.8 Å². The summed E-state index contributed by atoms with van der Waals surface area (Å²) in [4.78, 5) is 13.4. The number of nitrogens with two attached hydrogens (primary N) is 1. The summed E-state index contributed by atoms with van der Waals surface area (Å²) < 4.78 is 53.7. The van der Waals surface area contributed by atoms with Crippen LogP contribution in [0, 0.1) is 17.6 Å². The van der Waals surface area contributed by atoms with Crippen LogP contribution < -0.4 is 5.73 Å². The van der Waals surface area contributed by atoms with Crippen molar-refractivity contribution >= 4 is 5.91 Å². The molecule has 3 N–H and O–H groups in total. The molecule has 1 heterocycles. The number of likely N-dealkylation sites (tertiary alicyclic amines) is 1. The Morgan fingerprint density at radius 2 is 1.69 bits per heavy atom. The zero-order valence-electron chi connectivity index (χ0n) is 22.9. The zero-order chi connectivity index (χ0) is 28.4. The standard InChI is InChI=1S/C17H15F2NO.C14H25F2NO/c18-13-6-12(7-14(19)9-13)15-3-1-2-11(8-16(20)21)17(15)10-4-5-10;1-11(2)13(18)6-8-17(9-7-13)12-4-3-5-14(15,16)10-12/h1-3,6-7,9-10H,4-5,8H2,(H2,20,21);11-12,18H,3-10H2,1-2H3. The molecule has 214 valence electrons. The third kappa shape index (κ3) is 7.60. The van der Waals surface area contributed by atoms with Crippen molar-refractivity contribution in [3.63, 3.8) is 0 Å². The van der Waals surface area contributed by atoms with Gasteiger partial charge in [0.25, 0.3) is 0 Å². The Labute approximate surface area is 228 Å². The molecule has 4 nitrogen and oxygen atoms in total. The van der Waals surface area contributed by atoms with E-state index in [1.165, 1.54) is 12.1 Å². The van der Waals surface area contributed by atoms with Crippen LogP contribution in [0.4, 0.5) is 17.6 Å². The van der Waals surface area contributed by atoms with Crippen molar-refractivity contribution < 1.29 is 27.5 Å². The van der Waals surface area contributed by atoms with Gasteiger partial charge in [-0.25, -0.2) is 17.6 Å². The Balaban J connectivity index is 0.000000183. The molecule has 2 aliphatic carbocycles. The van der Waals surface area contributed by atoms with E-state index in [4.69, 9.17) is 5.73 Å². The maximum Gasteiger partial charge on any atom is 0.249 e. The van der Waals surface area contributed by atoms with Crippen LogP contribution in [0.3, 0.4) is 0 Å². The largest absolute Gasteiger partial charge is 0.390 e. The molecule has 0 bridgehead atoms. The number of amides is 1. The molecular formula is C31H40F4N2O2. The highest BCUT2D eigenvalue weighted by molar-refractivity contribution is 5.79. The van der Waals surface area contributed by atoms with Crippen LogP contribution in [0.2, 0.25) is 0 Å². The van der Waals surface area contributed by atoms with E-state index < -0.39 is 29.1 Å². The summed E-state index contributed by atoms with van der Waals surface area (Å²) in [5.74, 6) is -3.50. The summed E-state index contributed by atoms with van der Waals surface area (Å²) >= 11 is 0. The van der Waals surface area contributed by atoms with Gasteiger partial charge in [-0.05, 0) is 84.7 Å². The van der Waals surface area contributed by atoms with E-state index in [0.717, 1.165) is 55.1 Å². The Morgan fingerprint density at radius 1 is 1.05 bits per heavy atom. The van der Waals surface area contributed by atoms with Gasteiger partial charge in [-0.15, -0.1) is 0 Å². The lowest BCUT2D eigenvalue weighted by molar-refractivity contribution is -0.117. The number of nitrogens with zero attached hydrogens (tertiary/aromatic N) is 1. The lowest BCUT2D eigenvalue weighted by Crippen LogP contribution is -2.52. The van der Waals surface area contributed by atoms with Gasteiger partial charge >= 0.3 is 0 Å². The van der Waals surface area contributed by atoms with Crippen molar-refractivity contribution in [2.45, 2.75) is 95.1 Å². The van der Waals surface area contributed by atoms with Gasteiger partial charge in [0, 0.05) is 38.0 Å². The van der Waals surface area contributed by atoms with E-state index in [0.29, 0.717) is 30.7 Å². The molecule has 1 aliphatic heterocycles. The summed E-state index contributed by atoms with van der Waals surface area (Å²) in [5, 5.41) is 10.4. The van der Waals surface area contributed by atoms with Crippen molar-refractivity contribution in [1.29, 1.82) is 0 Å². The predicted molar refractivity (Wildman–Crippen MR) is 144 cm³/mol. The molecule has 0 spiro atoms. The molecule has 1 saturated heterocycles. The Kier molecular flexibility index (Phi) is 9.06. The van der Waals surface area contributed by atoms with Crippen LogP contribution >= 0.6 is 0 Å². The number of carbonyl (C=O) groups is 1. The molecule has 39 heavy (non-hydrogen) atoms. The lowest BCUT2D eigenvalue weighted by atomic mass is 9.80. The normalized spacial score (nSPS) is 22.7. The third-order valence-corrected chi connectivity index (χ3v) is 8.59. The number of primary amides is 1. The van der Waals surface area contributed by atoms with Gasteiger partial charge in [0.15, 0.2) is 0 Å². The number of benzene rings is 2. The molecule has 1 atom stereocenters. The second-order valence-electron chi connectivity index (χ2n) is 11.9. The Bertz CT molecular complexity index is 1140. The van der Waals surface area contributed by atoms with Gasteiger partial charge in [0.1, 0.15) is 11.6 Å². The van der Waals surface area contributed by atoms with Gasteiger partial charge in [-0.1, -0.05) is 32.0 Å². The molecule has 2 aromatic carbocycles. The molecule has 2 aromatic rings. The summed E-state index contributed by atoms with van der Waals surface area (Å²) in [5.41, 5.74) is 7.84. The SMILES string of the molecule is CC(C)C1(O)CCN(C2CCCC(F)(F)C2)CC1.NC(=O)Cc1cccc(-c2cc(F)cc(F)c2)c1C1CC1. The fourth-order valence-corrected chi connectivity index (χ4v) is 6.08. The number of carbonyl (C=O) groups excluding carboxylic acids is 1. The van der Waals surface area contributed by atoms with Gasteiger partial charge in [0.05, 0.1) is 12.0 Å². The van der Waals surface area contributed by atoms with Crippen LogP contribution in [0.5, 0.6) is 0 Å². The second kappa shape index (κ2) is 12.0. The van der Waals surface area contributed by atoms with Crippen LogP contribution in [-0.2, 0) is 11.2 Å². The topological polar surface area (TPSA) is 66.6 Å². The summed E-state index contributed by atoms with van der Waals surface area (Å²) in [6.45, 7) is 5.58. The van der Waals surface area contributed by atoms with E-state index in [9.17, 15) is 27.5 Å². The van der Waals surface area contributed by atoms with E-state index in [-0.39, 0.29) is 31.2 Å². The Morgan fingerprint density at radius 3 is 2.23 bits per heavy atom. The van der Waals surface area contributed by atoms with Crippen LogP contribution in [0.25, 0.3) is 11.1 Å². The molecule has 3 fully saturated rings. The minimum absolute atomic E-state index is 0.00705. The highest BCUT2D eigenvalue weighted by Gasteiger charge is 2.42. The van der Waals surface area contributed by atoms with Crippen LogP contribution in [0.15, 0.2) is 36.4 Å². The molecule has 8 heteroatoms. The maximum atomic E-state index is 13.5. The van der Waals surface area contributed by atoms with Gasteiger partial charge in [-0.2, -0.15) is 0 Å². The van der Waals surface area contributed by atoms with Crippen molar-refractivity contribution in [1.82, 2.24) is 4.90 Å². The van der Waals surface area contributed by atoms with Crippen molar-refractivity contribution in [3.05, 3.63) is 59.2 Å². The van der Waals surface area contributed by atoms with E-state index in [1.54, 1.807) is 6.07 Å². The highest BCUT2D eigenvalue weighted by Crippen LogP contribution is 2.46. The van der Waals surface area contributed by atoms with Crippen LogP contribution in [0.1, 0.15) is 82.3 Å². The van der Waals surface area contributed by atoms with Gasteiger partial charge in [-0.3, -0.25) is 9.69 Å². The number of rotatable bonds is 6. The minimum atomic E-state index is -2.48. The molecule has 1 amide bonds. The van der Waals surface area contributed by atoms with Crippen LogP contribution in [-0.4, -0.2) is 46.6 Å². The minimum Gasteiger partial charge on any atom is -0.390 e. The average molecular weight is 549 g/mol. The molecule has 3 aliphatic rings. The number of alkyl halides is 2.